The van der Waals surface area contributed by atoms with Gasteiger partial charge in [-0.05, 0) is 100 Å². The van der Waals surface area contributed by atoms with Crippen molar-refractivity contribution in [2.24, 2.45) is 0 Å². The minimum Gasteiger partial charge on any atom is -0.477 e. The predicted molar refractivity (Wildman–Crippen MR) is 182 cm³/mol. The topological polar surface area (TPSA) is 213 Å². The maximum absolute atomic E-state index is 12.1. The number of aromatic nitrogens is 3. The van der Waals surface area contributed by atoms with Crippen LogP contribution < -0.4 is 0 Å². The molecule has 0 saturated heterocycles. The van der Waals surface area contributed by atoms with Gasteiger partial charge >= 0.3 is 11.9 Å². The number of Topliss-reactive ketones (excluding diaryl/α,β-unsaturated/α-hetero) is 3. The van der Waals surface area contributed by atoms with Crippen LogP contribution in [0, 0.1) is 3.70 Å². The summed E-state index contributed by atoms with van der Waals surface area (Å²) in [6.07, 6.45) is 3.32. The van der Waals surface area contributed by atoms with Gasteiger partial charge in [0.2, 0.25) is 0 Å². The molecule has 0 aliphatic heterocycles. The number of aromatic carboxylic acids is 1. The molecule has 0 atom stereocenters. The van der Waals surface area contributed by atoms with Crippen molar-refractivity contribution in [1.29, 1.82) is 0 Å². The average Bonchev–Trinajstić information content (AvgIpc) is 3.66. The molecule has 0 amide bonds. The third-order valence-electron chi connectivity index (χ3n) is 6.63. The number of carboxylic acids is 1. The van der Waals surface area contributed by atoms with Gasteiger partial charge in [-0.25, -0.2) is 9.59 Å². The zero-order chi connectivity index (χ0) is 36.4. The Bertz CT molecular complexity index is 1700. The van der Waals surface area contributed by atoms with Crippen LogP contribution in [-0.2, 0) is 24.0 Å². The summed E-state index contributed by atoms with van der Waals surface area (Å²) in [5.41, 5.74) is 2.90. The second kappa shape index (κ2) is 17.4. The molecule has 3 heterocycles. The van der Waals surface area contributed by atoms with Crippen LogP contribution in [0.5, 0.6) is 0 Å². The molecule has 0 aliphatic rings. The summed E-state index contributed by atoms with van der Waals surface area (Å²) < 4.78 is 6.14. The molecule has 14 heteroatoms. The summed E-state index contributed by atoms with van der Waals surface area (Å²) in [6.45, 7) is 14.9. The Balaban J connectivity index is 0.000000359. The highest BCUT2D eigenvalue weighted by atomic mass is 127. The highest BCUT2D eigenvalue weighted by Crippen LogP contribution is 2.23. The quantitative estimate of drug-likeness (QED) is 0.0769. The number of ketones is 3. The lowest BCUT2D eigenvalue weighted by atomic mass is 10.0. The highest BCUT2D eigenvalue weighted by molar-refractivity contribution is 14.1. The van der Waals surface area contributed by atoms with E-state index in [4.69, 9.17) is 9.84 Å². The Morgan fingerprint density at radius 1 is 0.660 bits per heavy atom. The van der Waals surface area contributed by atoms with E-state index in [1.165, 1.54) is 20.8 Å². The van der Waals surface area contributed by atoms with E-state index in [9.17, 15) is 38.4 Å². The molecule has 0 fully saturated rings. The summed E-state index contributed by atoms with van der Waals surface area (Å²) in [5.74, 6) is -2.33. The van der Waals surface area contributed by atoms with Crippen molar-refractivity contribution in [3.05, 3.63) is 65.6 Å². The van der Waals surface area contributed by atoms with E-state index in [-0.39, 0.29) is 51.3 Å². The van der Waals surface area contributed by atoms with Gasteiger partial charge in [0.1, 0.15) is 17.0 Å². The number of carbonyl (C=O) groups excluding carboxylic acids is 7. The van der Waals surface area contributed by atoms with Crippen molar-refractivity contribution in [3.8, 4) is 0 Å². The monoisotopic (exact) mass is 765 g/mol. The molecule has 13 nitrogen and oxygen atoms in total. The van der Waals surface area contributed by atoms with Gasteiger partial charge in [-0.1, -0.05) is 20.8 Å². The molecule has 0 aromatic carbocycles. The fourth-order valence-electron chi connectivity index (χ4n) is 4.85. The molecule has 3 aromatic rings. The van der Waals surface area contributed by atoms with E-state index in [1.54, 1.807) is 27.7 Å². The standard InChI is InChI=1S/C14H19NO4.C10H11NO4.C9H10INO2/c1-6-9-11(8(2)17)10(7-16)15-12(9)13(18)19-14(3,4)5;1-3-6-8(5(2)13)7(4-12)11-9(6)10(14)15;1-3-6-8(5(2)13)7(4-12)11-9(6)10/h7,15H,6H2,1-5H3;4,11H,3H2,1-2H3,(H,14,15);4,11H,3H2,1-2H3. The third-order valence-corrected chi connectivity index (χ3v) is 7.55. The van der Waals surface area contributed by atoms with Gasteiger partial charge in [-0.3, -0.25) is 28.8 Å². The van der Waals surface area contributed by atoms with Crippen LogP contribution in [0.15, 0.2) is 0 Å². The largest absolute Gasteiger partial charge is 0.477 e. The Labute approximate surface area is 285 Å². The molecule has 0 saturated carbocycles. The van der Waals surface area contributed by atoms with Gasteiger partial charge in [0.15, 0.2) is 36.2 Å². The van der Waals surface area contributed by atoms with Crippen LogP contribution in [0.4, 0.5) is 0 Å². The van der Waals surface area contributed by atoms with E-state index in [0.717, 1.165) is 15.7 Å². The van der Waals surface area contributed by atoms with Crippen LogP contribution in [0.3, 0.4) is 0 Å². The number of aromatic amines is 3. The van der Waals surface area contributed by atoms with E-state index in [1.807, 2.05) is 13.8 Å². The molecule has 254 valence electrons. The smallest absolute Gasteiger partial charge is 0.355 e. The molecule has 0 radical (unpaired) electrons. The molecule has 0 bridgehead atoms. The Morgan fingerprint density at radius 3 is 1.32 bits per heavy atom. The SMILES string of the molecule is CCc1c(C(=O)O)[nH]c(C=O)c1C(C)=O.CCc1c(C(=O)OC(C)(C)C)[nH]c(C=O)c1C(C)=O.CCc1c(I)[nH]c(C=O)c1C(C)=O. The highest BCUT2D eigenvalue weighted by Gasteiger charge is 2.27. The number of carboxylic acid groups (broad SMARTS) is 1. The number of nitrogens with one attached hydrogen (secondary N) is 3. The minimum atomic E-state index is -1.16. The number of hydrogen-bond donors (Lipinski definition) is 4. The number of H-pyrrole nitrogens is 3. The third kappa shape index (κ3) is 10.0. The molecule has 3 rings (SSSR count). The molecule has 0 aliphatic carbocycles. The summed E-state index contributed by atoms with van der Waals surface area (Å²) in [4.78, 5) is 97.3. The maximum atomic E-state index is 12.1. The number of carbonyl (C=O) groups is 8. The molecule has 47 heavy (non-hydrogen) atoms. The van der Waals surface area contributed by atoms with Crippen LogP contribution in [0.2, 0.25) is 0 Å². The number of esters is 1. The van der Waals surface area contributed by atoms with E-state index >= 15 is 0 Å². The second-order valence-corrected chi connectivity index (χ2v) is 12.2. The first-order valence-corrected chi connectivity index (χ1v) is 15.7. The van der Waals surface area contributed by atoms with Crippen molar-refractivity contribution in [3.63, 3.8) is 0 Å². The van der Waals surface area contributed by atoms with Crippen molar-refractivity contribution in [2.75, 3.05) is 0 Å². The van der Waals surface area contributed by atoms with Crippen molar-refractivity contribution >= 4 is 70.7 Å². The van der Waals surface area contributed by atoms with Gasteiger partial charge in [0.25, 0.3) is 0 Å². The first kappa shape index (κ1) is 40.6. The van der Waals surface area contributed by atoms with E-state index < -0.39 is 17.5 Å². The van der Waals surface area contributed by atoms with Gasteiger partial charge in [0, 0.05) is 16.7 Å². The zero-order valence-corrected chi connectivity index (χ0v) is 30.0. The lowest BCUT2D eigenvalue weighted by Gasteiger charge is -2.19. The molecule has 3 aromatic heterocycles. The van der Waals surface area contributed by atoms with Crippen LogP contribution in [-0.4, -0.2) is 73.8 Å². The minimum absolute atomic E-state index is 0.0387. The summed E-state index contributed by atoms with van der Waals surface area (Å²) >= 11 is 2.10. The number of halogens is 1. The molecular formula is C33H40IN3O10. The van der Waals surface area contributed by atoms with E-state index in [0.29, 0.717) is 54.1 Å². The number of rotatable bonds is 11. The zero-order valence-electron chi connectivity index (χ0n) is 27.9. The second-order valence-electron chi connectivity index (χ2n) is 11.1. The van der Waals surface area contributed by atoms with Crippen molar-refractivity contribution < 1.29 is 48.2 Å². The lowest BCUT2D eigenvalue weighted by Crippen LogP contribution is -2.24. The molecule has 4 N–H and O–H groups in total. The van der Waals surface area contributed by atoms with Gasteiger partial charge < -0.3 is 24.8 Å². The fourth-order valence-corrected chi connectivity index (χ4v) is 5.79. The van der Waals surface area contributed by atoms with Gasteiger partial charge in [0.05, 0.1) is 20.8 Å². The maximum Gasteiger partial charge on any atom is 0.355 e. The fraction of sp³-hybridized carbons (Fsp3) is 0.394. The normalized spacial score (nSPS) is 10.5. The number of aldehydes is 3. The van der Waals surface area contributed by atoms with Gasteiger partial charge in [-0.2, -0.15) is 0 Å². The van der Waals surface area contributed by atoms with Crippen LogP contribution >= 0.6 is 22.6 Å². The first-order chi connectivity index (χ1) is 21.8. The summed E-state index contributed by atoms with van der Waals surface area (Å²) in [5, 5.41) is 8.85. The Hall–Kier alpha value is -4.47. The number of ether oxygens (including phenoxy) is 1. The lowest BCUT2D eigenvalue weighted by molar-refractivity contribution is 0.00617. The van der Waals surface area contributed by atoms with Crippen LogP contribution in [0.25, 0.3) is 0 Å². The molecular weight excluding hydrogens is 725 g/mol. The van der Waals surface area contributed by atoms with Crippen molar-refractivity contribution in [2.45, 2.75) is 87.2 Å². The number of hydrogen-bond acceptors (Lipinski definition) is 9. The Morgan fingerprint density at radius 2 is 1.00 bits per heavy atom. The van der Waals surface area contributed by atoms with Crippen molar-refractivity contribution in [1.82, 2.24) is 15.0 Å². The predicted octanol–water partition coefficient (Wildman–Crippen LogP) is 6.03. The molecule has 0 unspecified atom stereocenters. The van der Waals surface area contributed by atoms with Crippen LogP contribution in [0.1, 0.15) is 163 Å². The average molecular weight is 766 g/mol. The van der Waals surface area contributed by atoms with Gasteiger partial charge in [-0.15, -0.1) is 0 Å². The summed E-state index contributed by atoms with van der Waals surface area (Å²) in [7, 11) is 0. The molecule has 0 spiro atoms. The Kier molecular flexibility index (Phi) is 15.1. The van der Waals surface area contributed by atoms with E-state index in [2.05, 4.69) is 37.5 Å². The first-order valence-electron chi connectivity index (χ1n) is 14.6. The summed E-state index contributed by atoms with van der Waals surface area (Å²) in [6, 6.07) is 0.